The summed E-state index contributed by atoms with van der Waals surface area (Å²) in [6.45, 7) is 5.52. The van der Waals surface area contributed by atoms with Gasteiger partial charge in [0.2, 0.25) is 0 Å². The van der Waals surface area contributed by atoms with Crippen molar-refractivity contribution in [3.05, 3.63) is 18.1 Å². The summed E-state index contributed by atoms with van der Waals surface area (Å²) in [5, 5.41) is 8.71. The van der Waals surface area contributed by atoms with E-state index in [4.69, 9.17) is 5.11 Å². The Morgan fingerprint density at radius 2 is 2.00 bits per heavy atom. The lowest BCUT2D eigenvalue weighted by atomic mass is 10.1. The van der Waals surface area contributed by atoms with Crippen LogP contribution in [0.3, 0.4) is 0 Å². The molecule has 0 radical (unpaired) electrons. The van der Waals surface area contributed by atoms with Gasteiger partial charge in [0.1, 0.15) is 12.1 Å². The minimum Gasteiger partial charge on any atom is -0.396 e. The zero-order chi connectivity index (χ0) is 12.7. The number of nitrogens with zero attached hydrogens (tertiary/aromatic N) is 3. The van der Waals surface area contributed by atoms with Gasteiger partial charge in [-0.15, -0.1) is 0 Å². The van der Waals surface area contributed by atoms with Crippen molar-refractivity contribution in [2.24, 2.45) is 0 Å². The van der Waals surface area contributed by atoms with Gasteiger partial charge in [-0.3, -0.25) is 0 Å². The molecule has 4 nitrogen and oxygen atoms in total. The lowest BCUT2D eigenvalue weighted by Crippen LogP contribution is -2.20. The van der Waals surface area contributed by atoms with Crippen LogP contribution in [0.25, 0.3) is 0 Å². The Hall–Kier alpha value is -1.16. The molecule has 0 spiro atoms. The van der Waals surface area contributed by atoms with Crippen LogP contribution < -0.4 is 4.90 Å². The standard InChI is InChI=1S/C13H23N3O/c1-11(2)12-9-13(15-10-14-12)16(3)7-5-4-6-8-17/h9-11,17H,4-8H2,1-3H3. The molecule has 0 fully saturated rings. The van der Waals surface area contributed by atoms with Crippen LogP contribution in [-0.2, 0) is 0 Å². The molecule has 1 aromatic heterocycles. The molecule has 1 N–H and O–H groups in total. The first-order chi connectivity index (χ1) is 8.15. The number of aliphatic hydroxyl groups is 1. The average molecular weight is 237 g/mol. The second kappa shape index (κ2) is 7.22. The smallest absolute Gasteiger partial charge is 0.131 e. The summed E-state index contributed by atoms with van der Waals surface area (Å²) in [6.07, 6.45) is 4.66. The molecule has 0 aliphatic heterocycles. The van der Waals surface area contributed by atoms with Gasteiger partial charge in [-0.1, -0.05) is 13.8 Å². The fraction of sp³-hybridized carbons (Fsp3) is 0.692. The Kier molecular flexibility index (Phi) is 5.91. The van der Waals surface area contributed by atoms with E-state index in [0.29, 0.717) is 5.92 Å². The number of unbranched alkanes of at least 4 members (excludes halogenated alkanes) is 2. The molecule has 0 unspecified atom stereocenters. The van der Waals surface area contributed by atoms with E-state index in [-0.39, 0.29) is 6.61 Å². The normalized spacial score (nSPS) is 10.9. The van der Waals surface area contributed by atoms with Crippen molar-refractivity contribution in [2.75, 3.05) is 25.1 Å². The highest BCUT2D eigenvalue weighted by atomic mass is 16.2. The Balaban J connectivity index is 2.50. The SMILES string of the molecule is CC(C)c1cc(N(C)CCCCCO)ncn1. The summed E-state index contributed by atoms with van der Waals surface area (Å²) in [6, 6.07) is 2.05. The summed E-state index contributed by atoms with van der Waals surface area (Å²) >= 11 is 0. The van der Waals surface area contributed by atoms with Gasteiger partial charge in [0.25, 0.3) is 0 Å². The van der Waals surface area contributed by atoms with Crippen molar-refractivity contribution >= 4 is 5.82 Å². The number of rotatable bonds is 7. The molecule has 17 heavy (non-hydrogen) atoms. The number of hydrogen-bond acceptors (Lipinski definition) is 4. The molecule has 0 bridgehead atoms. The van der Waals surface area contributed by atoms with Gasteiger partial charge >= 0.3 is 0 Å². The molecule has 4 heteroatoms. The van der Waals surface area contributed by atoms with Crippen molar-refractivity contribution in [1.82, 2.24) is 9.97 Å². The lowest BCUT2D eigenvalue weighted by molar-refractivity contribution is 0.283. The second-order valence-electron chi connectivity index (χ2n) is 4.66. The van der Waals surface area contributed by atoms with Crippen molar-refractivity contribution in [2.45, 2.75) is 39.0 Å². The van der Waals surface area contributed by atoms with Gasteiger partial charge < -0.3 is 10.0 Å². The first kappa shape index (κ1) is 13.9. The van der Waals surface area contributed by atoms with Crippen molar-refractivity contribution in [3.63, 3.8) is 0 Å². The minimum atomic E-state index is 0.286. The van der Waals surface area contributed by atoms with Crippen LogP contribution in [0, 0.1) is 0 Å². The highest BCUT2D eigenvalue weighted by Gasteiger charge is 2.06. The summed E-state index contributed by atoms with van der Waals surface area (Å²) in [5.41, 5.74) is 1.08. The summed E-state index contributed by atoms with van der Waals surface area (Å²) < 4.78 is 0. The molecule has 96 valence electrons. The quantitative estimate of drug-likeness (QED) is 0.739. The molecule has 0 aromatic carbocycles. The molecule has 1 heterocycles. The van der Waals surface area contributed by atoms with Crippen LogP contribution in [-0.4, -0.2) is 35.3 Å². The Morgan fingerprint density at radius 3 is 2.65 bits per heavy atom. The van der Waals surface area contributed by atoms with Crippen molar-refractivity contribution in [3.8, 4) is 0 Å². The summed E-state index contributed by atoms with van der Waals surface area (Å²) in [5.74, 6) is 1.41. The third-order valence-electron chi connectivity index (χ3n) is 2.81. The maximum absolute atomic E-state index is 8.71. The van der Waals surface area contributed by atoms with Crippen LogP contribution in [0.5, 0.6) is 0 Å². The lowest BCUT2D eigenvalue weighted by Gasteiger charge is -2.18. The van der Waals surface area contributed by atoms with E-state index in [1.807, 2.05) is 7.05 Å². The minimum absolute atomic E-state index is 0.286. The fourth-order valence-corrected chi connectivity index (χ4v) is 1.64. The Bertz CT molecular complexity index is 328. The first-order valence-electron chi connectivity index (χ1n) is 6.29. The van der Waals surface area contributed by atoms with E-state index in [0.717, 1.165) is 37.3 Å². The Morgan fingerprint density at radius 1 is 1.24 bits per heavy atom. The van der Waals surface area contributed by atoms with Gasteiger partial charge in [-0.2, -0.15) is 0 Å². The largest absolute Gasteiger partial charge is 0.396 e. The second-order valence-corrected chi connectivity index (χ2v) is 4.66. The molecule has 0 saturated carbocycles. The molecule has 0 aliphatic rings. The van der Waals surface area contributed by atoms with Gasteiger partial charge in [0.15, 0.2) is 0 Å². The van der Waals surface area contributed by atoms with Crippen LogP contribution in [0.2, 0.25) is 0 Å². The predicted molar refractivity (Wildman–Crippen MR) is 70.3 cm³/mol. The highest BCUT2D eigenvalue weighted by Crippen LogP contribution is 2.16. The molecule has 0 aliphatic carbocycles. The van der Waals surface area contributed by atoms with Crippen LogP contribution in [0.4, 0.5) is 5.82 Å². The Labute approximate surface area is 104 Å². The number of hydrogen-bond donors (Lipinski definition) is 1. The first-order valence-corrected chi connectivity index (χ1v) is 6.29. The zero-order valence-electron chi connectivity index (χ0n) is 11.1. The maximum Gasteiger partial charge on any atom is 0.131 e. The molecular weight excluding hydrogens is 214 g/mol. The van der Waals surface area contributed by atoms with E-state index < -0.39 is 0 Å². The molecule has 0 saturated heterocycles. The van der Waals surface area contributed by atoms with E-state index in [1.54, 1.807) is 6.33 Å². The van der Waals surface area contributed by atoms with E-state index in [2.05, 4.69) is 34.8 Å². The van der Waals surface area contributed by atoms with Crippen molar-refractivity contribution < 1.29 is 5.11 Å². The number of aliphatic hydroxyl groups excluding tert-OH is 1. The van der Waals surface area contributed by atoms with Crippen LogP contribution in [0.15, 0.2) is 12.4 Å². The van der Waals surface area contributed by atoms with Gasteiger partial charge in [-0.25, -0.2) is 9.97 Å². The predicted octanol–water partition coefficient (Wildman–Crippen LogP) is 2.20. The number of aromatic nitrogens is 2. The van der Waals surface area contributed by atoms with Gasteiger partial charge in [-0.05, 0) is 25.2 Å². The molecule has 1 aromatic rings. The van der Waals surface area contributed by atoms with Crippen LogP contribution in [0.1, 0.15) is 44.7 Å². The zero-order valence-corrected chi connectivity index (χ0v) is 11.1. The molecule has 0 amide bonds. The maximum atomic E-state index is 8.71. The van der Waals surface area contributed by atoms with E-state index in [1.165, 1.54) is 0 Å². The van der Waals surface area contributed by atoms with Crippen molar-refractivity contribution in [1.29, 1.82) is 0 Å². The molecule has 0 atom stereocenters. The number of anilines is 1. The van der Waals surface area contributed by atoms with Gasteiger partial charge in [0.05, 0.1) is 0 Å². The monoisotopic (exact) mass is 237 g/mol. The van der Waals surface area contributed by atoms with Crippen LogP contribution >= 0.6 is 0 Å². The van der Waals surface area contributed by atoms with Gasteiger partial charge in [0, 0.05) is 32.0 Å². The third-order valence-corrected chi connectivity index (χ3v) is 2.81. The van der Waals surface area contributed by atoms with E-state index >= 15 is 0 Å². The highest BCUT2D eigenvalue weighted by molar-refractivity contribution is 5.38. The average Bonchev–Trinajstić information content (AvgIpc) is 2.34. The third kappa shape index (κ3) is 4.69. The molecule has 1 rings (SSSR count). The fourth-order valence-electron chi connectivity index (χ4n) is 1.64. The van der Waals surface area contributed by atoms with E-state index in [9.17, 15) is 0 Å². The molecular formula is C13H23N3O. The summed E-state index contributed by atoms with van der Waals surface area (Å²) in [4.78, 5) is 10.7. The summed E-state index contributed by atoms with van der Waals surface area (Å²) in [7, 11) is 2.05. The topological polar surface area (TPSA) is 49.2 Å².